The van der Waals surface area contributed by atoms with Gasteiger partial charge in [-0.15, -0.1) is 0 Å². The summed E-state index contributed by atoms with van der Waals surface area (Å²) in [5, 5.41) is 6.06. The van der Waals surface area contributed by atoms with Gasteiger partial charge in [-0.1, -0.05) is 43.9 Å². The number of anilines is 1. The summed E-state index contributed by atoms with van der Waals surface area (Å²) in [7, 11) is 0. The van der Waals surface area contributed by atoms with Crippen molar-refractivity contribution in [1.29, 1.82) is 0 Å². The lowest BCUT2D eigenvalue weighted by Gasteiger charge is -2.35. The highest BCUT2D eigenvalue weighted by Gasteiger charge is 2.51. The first kappa shape index (κ1) is 22.7. The van der Waals surface area contributed by atoms with Gasteiger partial charge in [-0.05, 0) is 37.8 Å². The van der Waals surface area contributed by atoms with Gasteiger partial charge in [0.2, 0.25) is 5.91 Å². The van der Waals surface area contributed by atoms with Crippen LogP contribution in [0.4, 0.5) is 10.5 Å². The summed E-state index contributed by atoms with van der Waals surface area (Å²) >= 11 is 0. The van der Waals surface area contributed by atoms with E-state index in [4.69, 9.17) is 0 Å². The number of urea groups is 1. The molecule has 4 rings (SSSR count). The lowest BCUT2D eigenvalue weighted by Crippen LogP contribution is -2.53. The third-order valence-corrected chi connectivity index (χ3v) is 7.12. The predicted octanol–water partition coefficient (Wildman–Crippen LogP) is 2.46. The van der Waals surface area contributed by atoms with E-state index in [0.29, 0.717) is 13.2 Å². The number of amides is 4. The van der Waals surface area contributed by atoms with Crippen LogP contribution in [-0.2, 0) is 9.59 Å². The monoisotopic (exact) mass is 441 g/mol. The standard InChI is InChI=1S/C24H35N5O3/c1-18-8-7-9-19(2)21(18)25-20(30)16-27-12-14-28(15-13-27)17-29-22(31)24(26-23(29)32)10-5-3-4-6-11-24/h7-9H,3-6,10-17H2,1-2H3,(H,25,30)(H,26,32). The quantitative estimate of drug-likeness (QED) is 0.686. The molecule has 1 aromatic rings. The number of hydrogen-bond donors (Lipinski definition) is 2. The minimum atomic E-state index is -0.679. The van der Waals surface area contributed by atoms with Crippen LogP contribution in [0, 0.1) is 13.8 Å². The summed E-state index contributed by atoms with van der Waals surface area (Å²) in [4.78, 5) is 43.9. The van der Waals surface area contributed by atoms with E-state index in [0.717, 1.165) is 81.5 Å². The zero-order valence-electron chi connectivity index (χ0n) is 19.3. The van der Waals surface area contributed by atoms with Crippen LogP contribution in [0.2, 0.25) is 0 Å². The highest BCUT2D eigenvalue weighted by molar-refractivity contribution is 6.07. The smallest absolute Gasteiger partial charge is 0.324 e. The van der Waals surface area contributed by atoms with Crippen molar-refractivity contribution in [2.75, 3.05) is 44.7 Å². The van der Waals surface area contributed by atoms with Crippen LogP contribution in [0.1, 0.15) is 49.7 Å². The molecule has 3 fully saturated rings. The number of benzene rings is 1. The van der Waals surface area contributed by atoms with Crippen LogP contribution in [0.25, 0.3) is 0 Å². The second-order valence-electron chi connectivity index (χ2n) is 9.51. The summed E-state index contributed by atoms with van der Waals surface area (Å²) in [5.74, 6) is -0.0694. The van der Waals surface area contributed by atoms with Gasteiger partial charge in [0.15, 0.2) is 0 Å². The second-order valence-corrected chi connectivity index (χ2v) is 9.51. The highest BCUT2D eigenvalue weighted by Crippen LogP contribution is 2.32. The Morgan fingerprint density at radius 3 is 2.19 bits per heavy atom. The fraction of sp³-hybridized carbons (Fsp3) is 0.625. The molecular weight excluding hydrogens is 406 g/mol. The van der Waals surface area contributed by atoms with Crippen molar-refractivity contribution in [2.45, 2.75) is 57.9 Å². The summed E-state index contributed by atoms with van der Waals surface area (Å²) in [6.07, 6.45) is 5.73. The highest BCUT2D eigenvalue weighted by atomic mass is 16.2. The molecule has 2 heterocycles. The number of nitrogens with zero attached hydrogens (tertiary/aromatic N) is 3. The molecule has 0 radical (unpaired) electrons. The molecule has 8 nitrogen and oxygen atoms in total. The zero-order valence-corrected chi connectivity index (χ0v) is 19.3. The molecule has 3 aliphatic rings. The summed E-state index contributed by atoms with van der Waals surface area (Å²) in [5.41, 5.74) is 2.33. The van der Waals surface area contributed by atoms with Gasteiger partial charge in [-0.25, -0.2) is 9.69 Å². The minimum absolute atomic E-state index is 0.0137. The molecule has 0 unspecified atom stereocenters. The number of carbonyl (C=O) groups excluding carboxylic acids is 3. The van der Waals surface area contributed by atoms with Crippen LogP contribution in [0.5, 0.6) is 0 Å². The maximum atomic E-state index is 13.1. The largest absolute Gasteiger partial charge is 0.326 e. The van der Waals surface area contributed by atoms with Crippen molar-refractivity contribution in [2.24, 2.45) is 0 Å². The number of imide groups is 1. The molecule has 4 amide bonds. The van der Waals surface area contributed by atoms with E-state index in [1.54, 1.807) is 0 Å². The van der Waals surface area contributed by atoms with Crippen molar-refractivity contribution in [3.05, 3.63) is 29.3 Å². The van der Waals surface area contributed by atoms with Crippen LogP contribution in [-0.4, -0.2) is 77.5 Å². The van der Waals surface area contributed by atoms with Crippen molar-refractivity contribution < 1.29 is 14.4 Å². The van der Waals surface area contributed by atoms with E-state index in [9.17, 15) is 14.4 Å². The Labute approximate surface area is 190 Å². The molecule has 174 valence electrons. The van der Waals surface area contributed by atoms with E-state index >= 15 is 0 Å². The SMILES string of the molecule is Cc1cccc(C)c1NC(=O)CN1CCN(CN2C(=O)NC3(CCCCCC3)C2=O)CC1. The Balaban J connectivity index is 1.26. The molecule has 0 aromatic heterocycles. The second kappa shape index (κ2) is 9.58. The van der Waals surface area contributed by atoms with E-state index in [-0.39, 0.29) is 17.8 Å². The van der Waals surface area contributed by atoms with Gasteiger partial charge >= 0.3 is 6.03 Å². The molecule has 8 heteroatoms. The number of aryl methyl sites for hydroxylation is 2. The molecule has 2 N–H and O–H groups in total. The summed E-state index contributed by atoms with van der Waals surface area (Å²) in [6, 6.07) is 5.72. The van der Waals surface area contributed by atoms with Crippen molar-refractivity contribution in [3.63, 3.8) is 0 Å². The van der Waals surface area contributed by atoms with Crippen LogP contribution in [0.3, 0.4) is 0 Å². The average molecular weight is 442 g/mol. The van der Waals surface area contributed by atoms with E-state index < -0.39 is 5.54 Å². The van der Waals surface area contributed by atoms with Crippen LogP contribution < -0.4 is 10.6 Å². The van der Waals surface area contributed by atoms with Crippen molar-refractivity contribution in [3.8, 4) is 0 Å². The number of rotatable bonds is 5. The zero-order chi connectivity index (χ0) is 22.7. The van der Waals surface area contributed by atoms with Gasteiger partial charge in [0.05, 0.1) is 13.2 Å². The van der Waals surface area contributed by atoms with E-state index in [1.807, 2.05) is 32.0 Å². The Morgan fingerprint density at radius 2 is 1.56 bits per heavy atom. The Morgan fingerprint density at radius 1 is 0.969 bits per heavy atom. The summed E-state index contributed by atoms with van der Waals surface area (Å²) < 4.78 is 0. The van der Waals surface area contributed by atoms with Gasteiger partial charge in [0, 0.05) is 31.9 Å². The molecule has 1 spiro atoms. The Hall–Kier alpha value is -2.45. The van der Waals surface area contributed by atoms with E-state index in [1.165, 1.54) is 4.90 Å². The maximum absolute atomic E-state index is 13.1. The fourth-order valence-corrected chi connectivity index (χ4v) is 5.16. The minimum Gasteiger partial charge on any atom is -0.324 e. The van der Waals surface area contributed by atoms with Gasteiger partial charge < -0.3 is 10.6 Å². The Kier molecular flexibility index (Phi) is 6.81. The lowest BCUT2D eigenvalue weighted by molar-refractivity contribution is -0.133. The number of hydrogen-bond acceptors (Lipinski definition) is 5. The first-order valence-corrected chi connectivity index (χ1v) is 11.8. The third-order valence-electron chi connectivity index (χ3n) is 7.12. The molecule has 1 aromatic carbocycles. The first-order valence-electron chi connectivity index (χ1n) is 11.8. The van der Waals surface area contributed by atoms with Crippen molar-refractivity contribution in [1.82, 2.24) is 20.0 Å². The third kappa shape index (κ3) is 4.81. The maximum Gasteiger partial charge on any atom is 0.326 e. The van der Waals surface area contributed by atoms with E-state index in [2.05, 4.69) is 20.4 Å². The number of nitrogens with one attached hydrogen (secondary N) is 2. The number of carbonyl (C=O) groups is 3. The topological polar surface area (TPSA) is 85.0 Å². The van der Waals surface area contributed by atoms with Gasteiger partial charge in [-0.3, -0.25) is 19.4 Å². The Bertz CT molecular complexity index is 850. The normalized spacial score (nSPS) is 22.1. The molecular formula is C24H35N5O3. The molecule has 32 heavy (non-hydrogen) atoms. The van der Waals surface area contributed by atoms with Gasteiger partial charge in [-0.2, -0.15) is 0 Å². The molecule has 1 aliphatic carbocycles. The predicted molar refractivity (Wildman–Crippen MR) is 123 cm³/mol. The van der Waals surface area contributed by atoms with Gasteiger partial charge in [0.1, 0.15) is 5.54 Å². The molecule has 0 bridgehead atoms. The lowest BCUT2D eigenvalue weighted by atomic mass is 9.90. The molecule has 0 atom stereocenters. The number of piperazine rings is 1. The summed E-state index contributed by atoms with van der Waals surface area (Å²) in [6.45, 7) is 7.57. The average Bonchev–Trinajstić information content (AvgIpc) is 2.92. The molecule has 2 aliphatic heterocycles. The van der Waals surface area contributed by atoms with Crippen molar-refractivity contribution >= 4 is 23.5 Å². The van der Waals surface area contributed by atoms with Crippen LogP contribution >= 0.6 is 0 Å². The van der Waals surface area contributed by atoms with Crippen LogP contribution in [0.15, 0.2) is 18.2 Å². The molecule has 2 saturated heterocycles. The first-order chi connectivity index (χ1) is 15.4. The fourth-order valence-electron chi connectivity index (χ4n) is 5.16. The van der Waals surface area contributed by atoms with Gasteiger partial charge in [0.25, 0.3) is 5.91 Å². The molecule has 1 saturated carbocycles. The number of para-hydroxylation sites is 1.